The van der Waals surface area contributed by atoms with Crippen molar-refractivity contribution in [3.8, 4) is 6.07 Å². The molecule has 0 N–H and O–H groups in total. The Hall–Kier alpha value is -2.11. The lowest BCUT2D eigenvalue weighted by atomic mass is 10.0. The molecular formula is C22H28N4O2S2. The summed E-state index contributed by atoms with van der Waals surface area (Å²) in [4.78, 5) is 30.3. The van der Waals surface area contributed by atoms with E-state index in [1.165, 1.54) is 24.6 Å². The molecule has 1 amide bonds. The number of rotatable bonds is 4. The molecule has 3 heterocycles. The van der Waals surface area contributed by atoms with Gasteiger partial charge in [-0.3, -0.25) is 19.1 Å². The van der Waals surface area contributed by atoms with Crippen molar-refractivity contribution in [1.82, 2.24) is 9.47 Å². The van der Waals surface area contributed by atoms with Crippen LogP contribution >= 0.6 is 24.0 Å². The summed E-state index contributed by atoms with van der Waals surface area (Å²) in [5.41, 5.74) is 1.22. The Morgan fingerprint density at radius 1 is 1.20 bits per heavy atom. The van der Waals surface area contributed by atoms with E-state index in [0.29, 0.717) is 27.3 Å². The molecule has 3 rings (SSSR count). The van der Waals surface area contributed by atoms with E-state index in [4.69, 9.17) is 12.2 Å². The molecule has 0 saturated carbocycles. The standard InChI is InChI=1S/C22H28N4O2S2/c1-14(2)13-26-21(28)18(30-22(26)29)11-16-15(3)17(12-23)20(27)24(4)19(16)25-9-7-5-6-8-10-25/h11,14H,5-10,13H2,1-4H3. The van der Waals surface area contributed by atoms with Crippen LogP contribution < -0.4 is 10.5 Å². The molecule has 2 aliphatic heterocycles. The normalized spacial score (nSPS) is 19.0. The van der Waals surface area contributed by atoms with Crippen LogP contribution in [-0.4, -0.2) is 39.3 Å². The van der Waals surface area contributed by atoms with E-state index in [2.05, 4.69) is 24.8 Å². The van der Waals surface area contributed by atoms with Gasteiger partial charge in [0.15, 0.2) is 0 Å². The zero-order chi connectivity index (χ0) is 22.0. The Kier molecular flexibility index (Phi) is 7.04. The fourth-order valence-corrected chi connectivity index (χ4v) is 5.29. The van der Waals surface area contributed by atoms with Crippen LogP contribution in [0.5, 0.6) is 0 Å². The van der Waals surface area contributed by atoms with Crippen LogP contribution in [0.25, 0.3) is 6.08 Å². The van der Waals surface area contributed by atoms with E-state index in [9.17, 15) is 14.9 Å². The number of carbonyl (C=O) groups is 1. The molecule has 0 spiro atoms. The van der Waals surface area contributed by atoms with Gasteiger partial charge in [-0.1, -0.05) is 50.7 Å². The summed E-state index contributed by atoms with van der Waals surface area (Å²) < 4.78 is 2.12. The van der Waals surface area contributed by atoms with Crippen LogP contribution in [0.4, 0.5) is 5.82 Å². The Bertz CT molecular complexity index is 996. The van der Waals surface area contributed by atoms with E-state index in [0.717, 1.165) is 37.3 Å². The van der Waals surface area contributed by atoms with Crippen LogP contribution in [0.3, 0.4) is 0 Å². The fraction of sp³-hybridized carbons (Fsp3) is 0.545. The van der Waals surface area contributed by atoms with Crippen molar-refractivity contribution in [2.45, 2.75) is 46.5 Å². The third-order valence-electron chi connectivity index (χ3n) is 5.57. The van der Waals surface area contributed by atoms with Gasteiger partial charge in [-0.2, -0.15) is 5.26 Å². The third kappa shape index (κ3) is 4.33. The average Bonchev–Trinajstić information content (AvgIpc) is 2.88. The van der Waals surface area contributed by atoms with Crippen LogP contribution in [0, 0.1) is 24.2 Å². The Morgan fingerprint density at radius 3 is 2.40 bits per heavy atom. The molecule has 0 aromatic carbocycles. The first kappa shape index (κ1) is 22.6. The van der Waals surface area contributed by atoms with Crippen LogP contribution in [0.2, 0.25) is 0 Å². The minimum atomic E-state index is -0.293. The van der Waals surface area contributed by atoms with E-state index in [1.54, 1.807) is 23.4 Å². The monoisotopic (exact) mass is 444 g/mol. The first-order chi connectivity index (χ1) is 14.3. The predicted molar refractivity (Wildman–Crippen MR) is 127 cm³/mol. The quantitative estimate of drug-likeness (QED) is 0.520. The number of nitrogens with zero attached hydrogens (tertiary/aromatic N) is 4. The molecule has 2 saturated heterocycles. The molecule has 160 valence electrons. The molecular weight excluding hydrogens is 416 g/mol. The smallest absolute Gasteiger partial charge is 0.270 e. The number of nitriles is 1. The number of carbonyl (C=O) groups excluding carboxylic acids is 1. The highest BCUT2D eigenvalue weighted by Crippen LogP contribution is 2.36. The molecule has 30 heavy (non-hydrogen) atoms. The lowest BCUT2D eigenvalue weighted by molar-refractivity contribution is -0.122. The Labute approximate surface area is 187 Å². The maximum Gasteiger partial charge on any atom is 0.270 e. The number of pyridine rings is 1. The van der Waals surface area contributed by atoms with Gasteiger partial charge in [0.1, 0.15) is 21.8 Å². The minimum absolute atomic E-state index is 0.104. The number of hydrogen-bond acceptors (Lipinski definition) is 6. The summed E-state index contributed by atoms with van der Waals surface area (Å²) >= 11 is 6.73. The van der Waals surface area contributed by atoms with Gasteiger partial charge in [-0.25, -0.2) is 0 Å². The van der Waals surface area contributed by atoms with E-state index >= 15 is 0 Å². The largest absolute Gasteiger partial charge is 0.357 e. The minimum Gasteiger partial charge on any atom is -0.357 e. The van der Waals surface area contributed by atoms with Crippen molar-refractivity contribution in [2.24, 2.45) is 13.0 Å². The Morgan fingerprint density at radius 2 is 1.83 bits per heavy atom. The summed E-state index contributed by atoms with van der Waals surface area (Å²) in [5, 5.41) is 9.59. The molecule has 1 aromatic rings. The van der Waals surface area contributed by atoms with Crippen LogP contribution in [-0.2, 0) is 11.8 Å². The second-order valence-electron chi connectivity index (χ2n) is 8.30. The zero-order valence-corrected chi connectivity index (χ0v) is 19.7. The second-order valence-corrected chi connectivity index (χ2v) is 9.98. The summed E-state index contributed by atoms with van der Waals surface area (Å²) in [5.74, 6) is 0.990. The van der Waals surface area contributed by atoms with Crippen LogP contribution in [0.15, 0.2) is 9.70 Å². The molecule has 0 unspecified atom stereocenters. The van der Waals surface area contributed by atoms with Gasteiger partial charge in [-0.05, 0) is 37.3 Å². The summed E-state index contributed by atoms with van der Waals surface area (Å²) in [6.07, 6.45) is 6.29. The molecule has 6 nitrogen and oxygen atoms in total. The summed E-state index contributed by atoms with van der Waals surface area (Å²) in [6.45, 7) is 8.19. The van der Waals surface area contributed by atoms with Gasteiger partial charge in [-0.15, -0.1) is 0 Å². The molecule has 0 aliphatic carbocycles. The van der Waals surface area contributed by atoms with Crippen molar-refractivity contribution in [1.29, 1.82) is 5.26 Å². The topological polar surface area (TPSA) is 69.3 Å². The molecule has 0 radical (unpaired) electrons. The molecule has 0 bridgehead atoms. The fourth-order valence-electron chi connectivity index (χ4n) is 4.03. The van der Waals surface area contributed by atoms with Crippen molar-refractivity contribution < 1.29 is 4.79 Å². The van der Waals surface area contributed by atoms with Gasteiger partial charge in [0.2, 0.25) is 0 Å². The summed E-state index contributed by atoms with van der Waals surface area (Å²) in [6, 6.07) is 2.06. The average molecular weight is 445 g/mol. The zero-order valence-electron chi connectivity index (χ0n) is 18.0. The molecule has 8 heteroatoms. The number of hydrogen-bond donors (Lipinski definition) is 0. The predicted octanol–water partition coefficient (Wildman–Crippen LogP) is 3.80. The number of anilines is 1. The highest BCUT2D eigenvalue weighted by Gasteiger charge is 2.33. The SMILES string of the molecule is Cc1c(C=C2SC(=S)N(CC(C)C)C2=O)c(N2CCCCCC2)n(C)c(=O)c1C#N. The van der Waals surface area contributed by atoms with Gasteiger partial charge in [0.05, 0.1) is 4.91 Å². The lowest BCUT2D eigenvalue weighted by Gasteiger charge is -2.28. The van der Waals surface area contributed by atoms with Gasteiger partial charge < -0.3 is 4.90 Å². The first-order valence-electron chi connectivity index (χ1n) is 10.4. The Balaban J connectivity index is 2.16. The second kappa shape index (κ2) is 9.36. The maximum atomic E-state index is 13.0. The van der Waals surface area contributed by atoms with Gasteiger partial charge in [0.25, 0.3) is 11.5 Å². The molecule has 1 aromatic heterocycles. The van der Waals surface area contributed by atoms with Crippen molar-refractivity contribution in [3.05, 3.63) is 31.9 Å². The van der Waals surface area contributed by atoms with Crippen molar-refractivity contribution in [2.75, 3.05) is 24.5 Å². The molecule has 2 fully saturated rings. The number of amides is 1. The number of thioether (sulfide) groups is 1. The van der Waals surface area contributed by atoms with Crippen LogP contribution in [0.1, 0.15) is 56.2 Å². The first-order valence-corrected chi connectivity index (χ1v) is 11.6. The third-order valence-corrected chi connectivity index (χ3v) is 6.95. The highest BCUT2D eigenvalue weighted by atomic mass is 32.2. The number of thiocarbonyl (C=S) groups is 1. The van der Waals surface area contributed by atoms with Crippen molar-refractivity contribution >= 4 is 46.1 Å². The lowest BCUT2D eigenvalue weighted by Crippen LogP contribution is -2.34. The summed E-state index contributed by atoms with van der Waals surface area (Å²) in [7, 11) is 1.71. The highest BCUT2D eigenvalue weighted by molar-refractivity contribution is 8.26. The molecule has 0 atom stereocenters. The van der Waals surface area contributed by atoms with E-state index in [-0.39, 0.29) is 17.0 Å². The maximum absolute atomic E-state index is 13.0. The van der Waals surface area contributed by atoms with Crippen molar-refractivity contribution in [3.63, 3.8) is 0 Å². The van der Waals surface area contributed by atoms with Gasteiger partial charge in [0, 0.05) is 32.2 Å². The number of aromatic nitrogens is 1. The van der Waals surface area contributed by atoms with E-state index in [1.807, 2.05) is 6.08 Å². The van der Waals surface area contributed by atoms with Gasteiger partial charge >= 0.3 is 0 Å². The molecule has 2 aliphatic rings. The van der Waals surface area contributed by atoms with E-state index < -0.39 is 0 Å².